The van der Waals surface area contributed by atoms with E-state index in [0.29, 0.717) is 4.88 Å². The molecule has 0 aromatic carbocycles. The van der Waals surface area contributed by atoms with Crippen molar-refractivity contribution in [3.8, 4) is 10.4 Å². The van der Waals surface area contributed by atoms with E-state index in [4.69, 9.17) is 5.11 Å². The molecule has 1 aliphatic rings. The van der Waals surface area contributed by atoms with Gasteiger partial charge in [0.25, 0.3) is 0 Å². The zero-order valence-electron chi connectivity index (χ0n) is 7.91. The van der Waals surface area contributed by atoms with E-state index < -0.39 is 5.97 Å². The lowest BCUT2D eigenvalue weighted by molar-refractivity contribution is 0.0702. The van der Waals surface area contributed by atoms with Crippen molar-refractivity contribution in [2.24, 2.45) is 0 Å². The summed E-state index contributed by atoms with van der Waals surface area (Å²) in [5.74, 6) is -0.827. The number of rotatable bonds is 1. The van der Waals surface area contributed by atoms with Crippen LogP contribution in [0.2, 0.25) is 0 Å². The van der Waals surface area contributed by atoms with Crippen molar-refractivity contribution in [2.45, 2.75) is 12.8 Å². The summed E-state index contributed by atoms with van der Waals surface area (Å²) >= 11 is 1.37. The zero-order valence-corrected chi connectivity index (χ0v) is 8.73. The third kappa shape index (κ3) is 1.22. The summed E-state index contributed by atoms with van der Waals surface area (Å²) in [5, 5.41) is 8.94. The highest BCUT2D eigenvalue weighted by Crippen LogP contribution is 2.39. The van der Waals surface area contributed by atoms with Crippen LogP contribution >= 0.6 is 11.3 Å². The molecule has 1 aliphatic carbocycles. The molecule has 15 heavy (non-hydrogen) atoms. The molecule has 0 aliphatic heterocycles. The van der Waals surface area contributed by atoms with E-state index in [1.165, 1.54) is 28.2 Å². The number of hydrogen-bond acceptors (Lipinski definition) is 2. The quantitative estimate of drug-likeness (QED) is 0.774. The number of fused-ring (bicyclic) bond motifs is 3. The monoisotopic (exact) mass is 219 g/mol. The Labute approximate surface area is 90.4 Å². The molecule has 3 rings (SSSR count). The minimum Gasteiger partial charge on any atom is -0.477 e. The van der Waals surface area contributed by atoms with Crippen molar-refractivity contribution in [2.75, 3.05) is 0 Å². The van der Waals surface area contributed by atoms with E-state index in [0.717, 1.165) is 17.7 Å². The Morgan fingerprint density at radius 3 is 3.13 bits per heavy atom. The number of H-pyrrole nitrogens is 1. The Hall–Kier alpha value is -1.55. The summed E-state index contributed by atoms with van der Waals surface area (Å²) in [7, 11) is 0. The van der Waals surface area contributed by atoms with E-state index in [9.17, 15) is 4.79 Å². The van der Waals surface area contributed by atoms with Gasteiger partial charge in [0, 0.05) is 22.3 Å². The number of carboxylic acids is 1. The fraction of sp³-hybridized carbons (Fsp3) is 0.182. The summed E-state index contributed by atoms with van der Waals surface area (Å²) in [5.41, 5.74) is 3.57. The second kappa shape index (κ2) is 2.97. The van der Waals surface area contributed by atoms with Crippen molar-refractivity contribution in [3.05, 3.63) is 34.5 Å². The number of hydrogen-bond donors (Lipinski definition) is 2. The van der Waals surface area contributed by atoms with Crippen molar-refractivity contribution in [1.82, 2.24) is 4.98 Å². The van der Waals surface area contributed by atoms with Crippen molar-refractivity contribution in [3.63, 3.8) is 0 Å². The van der Waals surface area contributed by atoms with Crippen LogP contribution in [0.25, 0.3) is 10.4 Å². The normalized spacial score (nSPS) is 13.3. The largest absolute Gasteiger partial charge is 0.477 e. The summed E-state index contributed by atoms with van der Waals surface area (Å²) < 4.78 is 0. The van der Waals surface area contributed by atoms with Crippen LogP contribution in [0.1, 0.15) is 20.9 Å². The number of nitrogens with one attached hydrogen (secondary N) is 1. The molecule has 76 valence electrons. The fourth-order valence-corrected chi connectivity index (χ4v) is 3.13. The van der Waals surface area contributed by atoms with E-state index in [1.54, 1.807) is 6.07 Å². The van der Waals surface area contributed by atoms with E-state index in [1.807, 2.05) is 12.3 Å². The van der Waals surface area contributed by atoms with Gasteiger partial charge in [-0.3, -0.25) is 0 Å². The van der Waals surface area contributed by atoms with Crippen molar-refractivity contribution >= 4 is 17.3 Å². The molecule has 0 bridgehead atoms. The average Bonchev–Trinajstić information content (AvgIpc) is 2.82. The topological polar surface area (TPSA) is 53.1 Å². The number of thiophene rings is 1. The molecule has 0 unspecified atom stereocenters. The minimum atomic E-state index is -0.827. The zero-order chi connectivity index (χ0) is 10.4. The van der Waals surface area contributed by atoms with Crippen LogP contribution in [0.15, 0.2) is 18.3 Å². The standard InChI is InChI=1S/C11H9NO2S/c13-11(14)9-5-6-1-2-8-7(3-4-12-8)10(6)15-9/h3-5,12H,1-2H2,(H,13,14). The lowest BCUT2D eigenvalue weighted by atomic mass is 9.97. The Kier molecular flexibility index (Phi) is 1.73. The third-order valence-electron chi connectivity index (χ3n) is 2.74. The maximum absolute atomic E-state index is 10.9. The summed E-state index contributed by atoms with van der Waals surface area (Å²) in [6.45, 7) is 0. The molecule has 0 spiro atoms. The Balaban J connectivity index is 2.20. The molecule has 0 saturated carbocycles. The first-order chi connectivity index (χ1) is 7.25. The molecule has 0 saturated heterocycles. The number of carbonyl (C=O) groups is 1. The molecule has 2 aromatic rings. The van der Waals surface area contributed by atoms with Crippen LogP contribution in [0, 0.1) is 0 Å². The lowest BCUT2D eigenvalue weighted by Gasteiger charge is -2.10. The van der Waals surface area contributed by atoms with Crippen LogP contribution in [0.5, 0.6) is 0 Å². The third-order valence-corrected chi connectivity index (χ3v) is 3.94. The molecular formula is C11H9NO2S. The van der Waals surface area contributed by atoms with E-state index in [-0.39, 0.29) is 0 Å². The lowest BCUT2D eigenvalue weighted by Crippen LogP contribution is -1.99. The van der Waals surface area contributed by atoms with Crippen molar-refractivity contribution < 1.29 is 9.90 Å². The maximum Gasteiger partial charge on any atom is 0.345 e. The second-order valence-corrected chi connectivity index (χ2v) is 4.69. The van der Waals surface area contributed by atoms with E-state index >= 15 is 0 Å². The molecule has 2 aromatic heterocycles. The summed E-state index contributed by atoms with van der Waals surface area (Å²) in [6, 6.07) is 3.83. The number of carboxylic acid groups (broad SMARTS) is 1. The SMILES string of the molecule is O=C(O)c1cc2c(s1)-c1cc[nH]c1CC2. The van der Waals surface area contributed by atoms with Gasteiger partial charge in [-0.05, 0) is 30.5 Å². The molecule has 2 N–H and O–H groups in total. The number of aromatic nitrogens is 1. The molecule has 0 fully saturated rings. The predicted octanol–water partition coefficient (Wildman–Crippen LogP) is 2.54. The van der Waals surface area contributed by atoms with Gasteiger partial charge in [0.05, 0.1) is 0 Å². The number of aryl methyl sites for hydroxylation is 2. The molecule has 0 amide bonds. The highest BCUT2D eigenvalue weighted by molar-refractivity contribution is 7.17. The summed E-state index contributed by atoms with van der Waals surface area (Å²) in [4.78, 5) is 15.6. The minimum absolute atomic E-state index is 0.439. The van der Waals surface area contributed by atoms with Gasteiger partial charge in [-0.25, -0.2) is 4.79 Å². The van der Waals surface area contributed by atoms with Gasteiger partial charge in [-0.15, -0.1) is 11.3 Å². The Bertz CT molecular complexity index is 539. The predicted molar refractivity (Wildman–Crippen MR) is 58.5 cm³/mol. The van der Waals surface area contributed by atoms with Gasteiger partial charge in [0.15, 0.2) is 0 Å². The van der Waals surface area contributed by atoms with Crippen LogP contribution in [-0.2, 0) is 12.8 Å². The van der Waals surface area contributed by atoms with Gasteiger partial charge in [0.2, 0.25) is 0 Å². The smallest absolute Gasteiger partial charge is 0.345 e. The van der Waals surface area contributed by atoms with Crippen LogP contribution < -0.4 is 0 Å². The number of aromatic amines is 1. The summed E-state index contributed by atoms with van der Waals surface area (Å²) in [6.07, 6.45) is 3.83. The second-order valence-electron chi connectivity index (χ2n) is 3.64. The molecular weight excluding hydrogens is 210 g/mol. The van der Waals surface area contributed by atoms with Crippen molar-refractivity contribution in [1.29, 1.82) is 0 Å². The molecule has 0 radical (unpaired) electrons. The highest BCUT2D eigenvalue weighted by atomic mass is 32.1. The molecule has 3 nitrogen and oxygen atoms in total. The van der Waals surface area contributed by atoms with E-state index in [2.05, 4.69) is 4.98 Å². The number of aromatic carboxylic acids is 1. The first-order valence-corrected chi connectivity index (χ1v) is 5.60. The van der Waals surface area contributed by atoms with Gasteiger partial charge < -0.3 is 10.1 Å². The molecule has 4 heteroatoms. The highest BCUT2D eigenvalue weighted by Gasteiger charge is 2.21. The Morgan fingerprint density at radius 2 is 2.33 bits per heavy atom. The van der Waals surface area contributed by atoms with Gasteiger partial charge >= 0.3 is 5.97 Å². The maximum atomic E-state index is 10.9. The van der Waals surface area contributed by atoms with Gasteiger partial charge in [0.1, 0.15) is 4.88 Å². The average molecular weight is 219 g/mol. The van der Waals surface area contributed by atoms with Gasteiger partial charge in [-0.1, -0.05) is 0 Å². The molecule has 2 heterocycles. The first kappa shape index (κ1) is 8.73. The Morgan fingerprint density at radius 1 is 1.47 bits per heavy atom. The van der Waals surface area contributed by atoms with Crippen LogP contribution in [0.3, 0.4) is 0 Å². The molecule has 0 atom stereocenters. The van der Waals surface area contributed by atoms with Crippen LogP contribution in [0.4, 0.5) is 0 Å². The first-order valence-electron chi connectivity index (χ1n) is 4.78. The van der Waals surface area contributed by atoms with Crippen LogP contribution in [-0.4, -0.2) is 16.1 Å². The fourth-order valence-electron chi connectivity index (χ4n) is 2.03. The van der Waals surface area contributed by atoms with Gasteiger partial charge in [-0.2, -0.15) is 0 Å².